The summed E-state index contributed by atoms with van der Waals surface area (Å²) in [7, 11) is 0. The van der Waals surface area contributed by atoms with Crippen LogP contribution in [0.15, 0.2) is 55.0 Å². The maximum atomic E-state index is 13.9. The van der Waals surface area contributed by atoms with Crippen molar-refractivity contribution in [3.8, 4) is 11.1 Å². The number of rotatable bonds is 2. The second kappa shape index (κ2) is 5.82. The van der Waals surface area contributed by atoms with Crippen molar-refractivity contribution in [3.05, 3.63) is 77.1 Å². The highest BCUT2D eigenvalue weighted by molar-refractivity contribution is 6.33. The lowest BCUT2D eigenvalue weighted by Crippen LogP contribution is -2.18. The largest absolute Gasteiger partial charge is 0.327 e. The summed E-state index contributed by atoms with van der Waals surface area (Å²) >= 11 is 6.36. The van der Waals surface area contributed by atoms with E-state index in [0.29, 0.717) is 5.02 Å². The molecule has 2 heterocycles. The molecule has 0 amide bonds. The zero-order chi connectivity index (χ0) is 15.8. The zero-order valence-corrected chi connectivity index (χ0v) is 13.3. The van der Waals surface area contributed by atoms with Crippen LogP contribution >= 0.6 is 11.6 Å². The van der Waals surface area contributed by atoms with E-state index in [0.717, 1.165) is 36.0 Å². The molecule has 4 heteroatoms. The molecule has 0 saturated carbocycles. The molecule has 0 saturated heterocycles. The van der Waals surface area contributed by atoms with Crippen LogP contribution in [0, 0.1) is 5.82 Å². The van der Waals surface area contributed by atoms with Crippen molar-refractivity contribution in [2.45, 2.75) is 25.3 Å². The second-order valence-electron chi connectivity index (χ2n) is 5.91. The Morgan fingerprint density at radius 1 is 1.13 bits per heavy atom. The summed E-state index contributed by atoms with van der Waals surface area (Å²) < 4.78 is 16.1. The first-order chi connectivity index (χ1) is 11.2. The van der Waals surface area contributed by atoms with Gasteiger partial charge in [-0.05, 0) is 48.6 Å². The lowest BCUT2D eigenvalue weighted by molar-refractivity contribution is 0.458. The minimum absolute atomic E-state index is 0.174. The maximum Gasteiger partial charge on any atom is 0.123 e. The van der Waals surface area contributed by atoms with Gasteiger partial charge in [0.25, 0.3) is 0 Å². The number of hydrogen-bond acceptors (Lipinski definition) is 1. The van der Waals surface area contributed by atoms with Gasteiger partial charge in [0, 0.05) is 22.5 Å². The zero-order valence-electron chi connectivity index (χ0n) is 12.5. The van der Waals surface area contributed by atoms with Gasteiger partial charge in [-0.2, -0.15) is 0 Å². The van der Waals surface area contributed by atoms with Gasteiger partial charge in [-0.3, -0.25) is 0 Å². The van der Waals surface area contributed by atoms with Gasteiger partial charge in [0.05, 0.1) is 12.4 Å². The van der Waals surface area contributed by atoms with E-state index in [1.54, 1.807) is 6.07 Å². The van der Waals surface area contributed by atoms with Crippen molar-refractivity contribution in [2.75, 3.05) is 0 Å². The monoisotopic (exact) mass is 326 g/mol. The Labute approximate surface area is 139 Å². The van der Waals surface area contributed by atoms with Crippen molar-refractivity contribution in [1.82, 2.24) is 9.55 Å². The first-order valence-electron chi connectivity index (χ1n) is 7.79. The average molecular weight is 327 g/mol. The third-order valence-electron chi connectivity index (χ3n) is 4.53. The van der Waals surface area contributed by atoms with Crippen molar-refractivity contribution >= 4 is 11.6 Å². The third-order valence-corrected chi connectivity index (χ3v) is 4.86. The molecule has 0 radical (unpaired) electrons. The van der Waals surface area contributed by atoms with Crippen LogP contribution in [0.25, 0.3) is 11.1 Å². The Balaban J connectivity index is 1.90. The highest BCUT2D eigenvalue weighted by Crippen LogP contribution is 2.38. The quantitative estimate of drug-likeness (QED) is 0.627. The van der Waals surface area contributed by atoms with Gasteiger partial charge in [-0.25, -0.2) is 9.37 Å². The number of fused-ring (bicyclic) bond motifs is 1. The summed E-state index contributed by atoms with van der Waals surface area (Å²) in [6.07, 6.45) is 6.96. The van der Waals surface area contributed by atoms with E-state index in [9.17, 15) is 4.39 Å². The molecule has 0 bridgehead atoms. The van der Waals surface area contributed by atoms with E-state index in [-0.39, 0.29) is 11.9 Å². The Bertz CT molecular complexity index is 856. The van der Waals surface area contributed by atoms with Gasteiger partial charge in [-0.15, -0.1) is 0 Å². The molecule has 2 aromatic carbocycles. The molecule has 0 N–H and O–H groups in total. The van der Waals surface area contributed by atoms with Crippen LogP contribution in [0.1, 0.15) is 30.1 Å². The summed E-state index contributed by atoms with van der Waals surface area (Å²) in [6, 6.07) is 12.8. The molecule has 1 aromatic heterocycles. The number of nitrogens with zero attached hydrogens (tertiary/aromatic N) is 2. The second-order valence-corrected chi connectivity index (χ2v) is 6.32. The molecule has 2 nitrogen and oxygen atoms in total. The molecule has 0 aliphatic carbocycles. The maximum absolute atomic E-state index is 13.9. The summed E-state index contributed by atoms with van der Waals surface area (Å²) in [6.45, 7) is 0. The van der Waals surface area contributed by atoms with Gasteiger partial charge in [-0.1, -0.05) is 35.9 Å². The molecule has 4 rings (SSSR count). The Morgan fingerprint density at radius 2 is 2.00 bits per heavy atom. The fraction of sp³-hybridized carbons (Fsp3) is 0.211. The topological polar surface area (TPSA) is 17.8 Å². The summed E-state index contributed by atoms with van der Waals surface area (Å²) in [5.41, 5.74) is 4.06. The van der Waals surface area contributed by atoms with Crippen molar-refractivity contribution < 1.29 is 4.39 Å². The number of halogens is 2. The van der Waals surface area contributed by atoms with E-state index in [2.05, 4.69) is 9.55 Å². The molecule has 1 aliphatic rings. The summed E-state index contributed by atoms with van der Waals surface area (Å²) in [4.78, 5) is 4.28. The summed E-state index contributed by atoms with van der Waals surface area (Å²) in [5.74, 6) is -0.245. The lowest BCUT2D eigenvalue weighted by Gasteiger charge is -2.28. The van der Waals surface area contributed by atoms with Gasteiger partial charge >= 0.3 is 0 Å². The summed E-state index contributed by atoms with van der Waals surface area (Å²) in [5, 5.41) is 0.640. The van der Waals surface area contributed by atoms with E-state index in [1.807, 2.05) is 42.9 Å². The number of hydrogen-bond donors (Lipinski definition) is 0. The fourth-order valence-corrected chi connectivity index (χ4v) is 3.70. The predicted molar refractivity (Wildman–Crippen MR) is 90.2 cm³/mol. The predicted octanol–water partition coefficient (Wildman–Crippen LogP) is 5.27. The SMILES string of the molecule is Fc1ccc(C2CCCc3cncn32)c(-c2ccccc2Cl)c1. The lowest BCUT2D eigenvalue weighted by atomic mass is 9.90. The van der Waals surface area contributed by atoms with E-state index >= 15 is 0 Å². The Kier molecular flexibility index (Phi) is 3.66. The van der Waals surface area contributed by atoms with Gasteiger partial charge in [0.1, 0.15) is 5.82 Å². The standard InChI is InChI=1S/C19H16ClFN2/c20-18-6-2-1-5-15(18)17-10-13(21)8-9-16(17)19-7-3-4-14-11-22-12-23(14)19/h1-2,5-6,8-12,19H,3-4,7H2. The van der Waals surface area contributed by atoms with Crippen molar-refractivity contribution in [2.24, 2.45) is 0 Å². The molecular formula is C19H16ClFN2. The molecule has 116 valence electrons. The van der Waals surface area contributed by atoms with Crippen molar-refractivity contribution in [3.63, 3.8) is 0 Å². The smallest absolute Gasteiger partial charge is 0.123 e. The van der Waals surface area contributed by atoms with Crippen LogP contribution in [0.4, 0.5) is 4.39 Å². The van der Waals surface area contributed by atoms with Gasteiger partial charge in [0.15, 0.2) is 0 Å². The number of aromatic nitrogens is 2. The normalized spacial score (nSPS) is 17.0. The number of aryl methyl sites for hydroxylation is 1. The third kappa shape index (κ3) is 2.55. The molecule has 23 heavy (non-hydrogen) atoms. The van der Waals surface area contributed by atoms with Crippen LogP contribution < -0.4 is 0 Å². The molecule has 1 unspecified atom stereocenters. The molecule has 1 aliphatic heterocycles. The molecular weight excluding hydrogens is 311 g/mol. The van der Waals surface area contributed by atoms with Crippen LogP contribution in [0.5, 0.6) is 0 Å². The molecule has 1 atom stereocenters. The first-order valence-corrected chi connectivity index (χ1v) is 8.17. The van der Waals surface area contributed by atoms with Crippen molar-refractivity contribution in [1.29, 1.82) is 0 Å². The molecule has 0 spiro atoms. The highest BCUT2D eigenvalue weighted by atomic mass is 35.5. The minimum atomic E-state index is -0.245. The molecule has 0 fully saturated rings. The number of benzene rings is 2. The van der Waals surface area contributed by atoms with Gasteiger partial charge in [0.2, 0.25) is 0 Å². The van der Waals surface area contributed by atoms with E-state index < -0.39 is 0 Å². The fourth-order valence-electron chi connectivity index (χ4n) is 3.46. The van der Waals surface area contributed by atoms with Crippen LogP contribution in [-0.4, -0.2) is 9.55 Å². The highest BCUT2D eigenvalue weighted by Gasteiger charge is 2.24. The van der Waals surface area contributed by atoms with Crippen LogP contribution in [-0.2, 0) is 6.42 Å². The average Bonchev–Trinajstić information content (AvgIpc) is 3.04. The minimum Gasteiger partial charge on any atom is -0.327 e. The van der Waals surface area contributed by atoms with Gasteiger partial charge < -0.3 is 4.57 Å². The van der Waals surface area contributed by atoms with E-state index in [4.69, 9.17) is 11.6 Å². The van der Waals surface area contributed by atoms with E-state index in [1.165, 1.54) is 11.8 Å². The first kappa shape index (κ1) is 14.5. The Hall–Kier alpha value is -2.13. The number of imidazole rings is 1. The Morgan fingerprint density at radius 3 is 2.87 bits per heavy atom. The van der Waals surface area contributed by atoms with Crippen LogP contribution in [0.2, 0.25) is 5.02 Å². The molecule has 3 aromatic rings. The van der Waals surface area contributed by atoms with Crippen LogP contribution in [0.3, 0.4) is 0 Å².